The van der Waals surface area contributed by atoms with Crippen LogP contribution in [0.5, 0.6) is 5.75 Å². The summed E-state index contributed by atoms with van der Waals surface area (Å²) in [6.45, 7) is 7.02. The Hall–Kier alpha value is -3.20. The maximum absolute atomic E-state index is 6.16. The highest BCUT2D eigenvalue weighted by Gasteiger charge is 2.23. The molecular formula is C20H24N8O. The number of nitrogens with two attached hydrogens (primary N) is 1. The summed E-state index contributed by atoms with van der Waals surface area (Å²) < 4.78 is 9.15. The predicted octanol–water partition coefficient (Wildman–Crippen LogP) is 1.82. The minimum absolute atomic E-state index is 0.298. The van der Waals surface area contributed by atoms with Gasteiger partial charge in [0.25, 0.3) is 0 Å². The molecule has 1 atom stereocenters. The predicted molar refractivity (Wildman–Crippen MR) is 110 cm³/mol. The zero-order valence-electron chi connectivity index (χ0n) is 16.8. The number of ether oxygens (including phenoxy) is 1. The monoisotopic (exact) mass is 392 g/mol. The summed E-state index contributed by atoms with van der Waals surface area (Å²) in [6.07, 6.45) is 0.736. The lowest BCUT2D eigenvalue weighted by molar-refractivity contribution is 0.158. The van der Waals surface area contributed by atoms with Crippen LogP contribution in [-0.4, -0.2) is 54.0 Å². The van der Waals surface area contributed by atoms with Gasteiger partial charge in [0, 0.05) is 30.9 Å². The molecule has 4 heterocycles. The number of nitrogen functional groups attached to an aromatic ring is 1. The maximum Gasteiger partial charge on any atom is 0.223 e. The van der Waals surface area contributed by atoms with Crippen molar-refractivity contribution in [1.82, 2.24) is 34.3 Å². The van der Waals surface area contributed by atoms with Crippen molar-refractivity contribution in [2.45, 2.75) is 39.4 Å². The van der Waals surface area contributed by atoms with Gasteiger partial charge >= 0.3 is 0 Å². The van der Waals surface area contributed by atoms with Gasteiger partial charge in [-0.1, -0.05) is 6.07 Å². The first-order chi connectivity index (χ1) is 14.0. The van der Waals surface area contributed by atoms with Crippen LogP contribution in [0.25, 0.3) is 16.6 Å². The van der Waals surface area contributed by atoms with Gasteiger partial charge in [0.05, 0.1) is 25.0 Å². The van der Waals surface area contributed by atoms with E-state index in [1.165, 1.54) is 5.69 Å². The van der Waals surface area contributed by atoms with Gasteiger partial charge < -0.3 is 10.5 Å². The van der Waals surface area contributed by atoms with Crippen LogP contribution >= 0.6 is 0 Å². The number of rotatable bonds is 4. The Morgan fingerprint density at radius 2 is 2.07 bits per heavy atom. The van der Waals surface area contributed by atoms with E-state index in [1.807, 2.05) is 25.1 Å². The van der Waals surface area contributed by atoms with Crippen molar-refractivity contribution in [2.24, 2.45) is 0 Å². The molecule has 29 heavy (non-hydrogen) atoms. The van der Waals surface area contributed by atoms with Gasteiger partial charge in [-0.25, -0.2) is 9.97 Å². The van der Waals surface area contributed by atoms with E-state index in [9.17, 15) is 0 Å². The number of nitrogens with zero attached hydrogens (tertiary/aromatic N) is 7. The topological polar surface area (TPSA) is 99.4 Å². The first-order valence-corrected chi connectivity index (χ1v) is 9.78. The van der Waals surface area contributed by atoms with Gasteiger partial charge in [-0.05, 0) is 32.0 Å². The first kappa shape index (κ1) is 17.9. The van der Waals surface area contributed by atoms with Crippen molar-refractivity contribution >= 4 is 22.5 Å². The molecule has 0 aliphatic carbocycles. The fraction of sp³-hybridized carbons (Fsp3) is 0.400. The first-order valence-electron chi connectivity index (χ1n) is 9.78. The Kier molecular flexibility index (Phi) is 4.13. The third-order valence-electron chi connectivity index (χ3n) is 5.61. The summed E-state index contributed by atoms with van der Waals surface area (Å²) in [7, 11) is 1.62. The molecule has 5 rings (SSSR count). The van der Waals surface area contributed by atoms with Gasteiger partial charge in [-0.15, -0.1) is 5.10 Å². The van der Waals surface area contributed by atoms with Crippen LogP contribution in [0, 0.1) is 6.92 Å². The van der Waals surface area contributed by atoms with Crippen LogP contribution < -0.4 is 10.5 Å². The van der Waals surface area contributed by atoms with E-state index < -0.39 is 0 Å². The molecular weight excluding hydrogens is 368 g/mol. The molecule has 0 bridgehead atoms. The number of para-hydroxylation sites is 1. The molecule has 3 aromatic heterocycles. The van der Waals surface area contributed by atoms with Gasteiger partial charge in [0.15, 0.2) is 11.5 Å². The van der Waals surface area contributed by atoms with E-state index >= 15 is 0 Å². The molecule has 2 N–H and O–H groups in total. The summed E-state index contributed by atoms with van der Waals surface area (Å²) in [5, 5.41) is 10.1. The third-order valence-corrected chi connectivity index (χ3v) is 5.61. The maximum atomic E-state index is 6.16. The molecule has 4 aromatic rings. The number of hydrogen-bond acceptors (Lipinski definition) is 7. The van der Waals surface area contributed by atoms with Crippen molar-refractivity contribution < 1.29 is 4.74 Å². The summed E-state index contributed by atoms with van der Waals surface area (Å²) >= 11 is 0. The second-order valence-electron chi connectivity index (χ2n) is 7.61. The highest BCUT2D eigenvalue weighted by molar-refractivity contribution is 5.95. The Labute approximate surface area is 168 Å². The number of hydrogen-bond donors (Lipinski definition) is 1. The van der Waals surface area contributed by atoms with E-state index in [0.717, 1.165) is 43.0 Å². The van der Waals surface area contributed by atoms with Crippen LogP contribution in [-0.2, 0) is 19.5 Å². The van der Waals surface area contributed by atoms with Gasteiger partial charge in [0.2, 0.25) is 5.95 Å². The Bertz CT molecular complexity index is 1210. The number of methoxy groups -OCH3 is 1. The minimum atomic E-state index is 0.298. The third kappa shape index (κ3) is 2.98. The smallest absolute Gasteiger partial charge is 0.223 e. The molecule has 9 heteroatoms. The van der Waals surface area contributed by atoms with Crippen LogP contribution in [0.3, 0.4) is 0 Å². The fourth-order valence-electron chi connectivity index (χ4n) is 4.12. The average molecular weight is 392 g/mol. The number of aromatic nitrogens is 6. The van der Waals surface area contributed by atoms with E-state index in [-0.39, 0.29) is 0 Å². The molecule has 1 aliphatic rings. The van der Waals surface area contributed by atoms with E-state index in [1.54, 1.807) is 11.6 Å². The molecule has 0 spiro atoms. The molecule has 150 valence electrons. The zero-order chi connectivity index (χ0) is 20.1. The van der Waals surface area contributed by atoms with Crippen molar-refractivity contribution in [2.75, 3.05) is 19.4 Å². The van der Waals surface area contributed by atoms with Crippen molar-refractivity contribution in [3.05, 3.63) is 41.5 Å². The molecule has 1 aliphatic heterocycles. The quantitative estimate of drug-likeness (QED) is 0.565. The number of anilines is 1. The highest BCUT2D eigenvalue weighted by atomic mass is 16.5. The van der Waals surface area contributed by atoms with Crippen LogP contribution in [0.2, 0.25) is 0 Å². The number of aryl methyl sites for hydroxylation is 1. The highest BCUT2D eigenvalue weighted by Crippen LogP contribution is 2.27. The summed E-state index contributed by atoms with van der Waals surface area (Å²) in [4.78, 5) is 11.7. The molecule has 9 nitrogen and oxygen atoms in total. The van der Waals surface area contributed by atoms with Gasteiger partial charge in [-0.2, -0.15) is 9.61 Å². The van der Waals surface area contributed by atoms with Crippen LogP contribution in [0.4, 0.5) is 5.95 Å². The standard InChI is InChI=1S/C20H24N8O/c1-12-9-14-11-26(7-8-27(14)24-12)13(2)10-17-22-19-15-5-4-6-16(29-3)18(15)23-20(21)28(19)25-17/h4-6,9,13H,7-8,10-11H2,1-3H3,(H2,21,23). The zero-order valence-corrected chi connectivity index (χ0v) is 16.8. The largest absolute Gasteiger partial charge is 0.494 e. The van der Waals surface area contributed by atoms with Crippen molar-refractivity contribution in [3.63, 3.8) is 0 Å². The lowest BCUT2D eigenvalue weighted by atomic mass is 10.1. The molecule has 0 radical (unpaired) electrons. The average Bonchev–Trinajstić information content (AvgIpc) is 3.30. The van der Waals surface area contributed by atoms with Gasteiger partial charge in [-0.3, -0.25) is 9.58 Å². The van der Waals surface area contributed by atoms with Gasteiger partial charge in [0.1, 0.15) is 11.3 Å². The molecule has 0 fully saturated rings. The van der Waals surface area contributed by atoms with E-state index in [2.05, 4.69) is 37.8 Å². The second kappa shape index (κ2) is 6.70. The Morgan fingerprint density at radius 3 is 2.90 bits per heavy atom. The molecule has 1 unspecified atom stereocenters. The molecule has 0 saturated heterocycles. The Morgan fingerprint density at radius 1 is 1.21 bits per heavy atom. The van der Waals surface area contributed by atoms with Crippen molar-refractivity contribution in [3.8, 4) is 5.75 Å². The van der Waals surface area contributed by atoms with Crippen molar-refractivity contribution in [1.29, 1.82) is 0 Å². The number of fused-ring (bicyclic) bond motifs is 4. The number of benzene rings is 1. The van der Waals surface area contributed by atoms with E-state index in [0.29, 0.717) is 28.9 Å². The SMILES string of the molecule is COc1cccc2c1nc(N)n1nc(CC(C)N3CCn4nc(C)cc4C3)nc21. The normalized spacial score (nSPS) is 15.7. The fourth-order valence-corrected chi connectivity index (χ4v) is 4.12. The van der Waals surface area contributed by atoms with E-state index in [4.69, 9.17) is 15.5 Å². The minimum Gasteiger partial charge on any atom is -0.494 e. The summed E-state index contributed by atoms with van der Waals surface area (Å²) in [6, 6.07) is 8.22. The molecule has 1 aromatic carbocycles. The Balaban J connectivity index is 1.45. The second-order valence-corrected chi connectivity index (χ2v) is 7.61. The summed E-state index contributed by atoms with van der Waals surface area (Å²) in [5.74, 6) is 1.74. The molecule has 0 amide bonds. The summed E-state index contributed by atoms with van der Waals surface area (Å²) in [5.41, 5.74) is 9.90. The lowest BCUT2D eigenvalue weighted by Crippen LogP contribution is -2.41. The van der Waals surface area contributed by atoms with Crippen LogP contribution in [0.15, 0.2) is 24.3 Å². The lowest BCUT2D eigenvalue weighted by Gasteiger charge is -2.32. The van der Waals surface area contributed by atoms with Crippen LogP contribution in [0.1, 0.15) is 24.1 Å². The molecule has 0 saturated carbocycles.